The van der Waals surface area contributed by atoms with Gasteiger partial charge < -0.3 is 0 Å². The lowest BCUT2D eigenvalue weighted by Gasteiger charge is -2.02. The van der Waals surface area contributed by atoms with Gasteiger partial charge in [-0.1, -0.05) is 17.7 Å². The molecule has 0 unspecified atom stereocenters. The van der Waals surface area contributed by atoms with Gasteiger partial charge in [0.15, 0.2) is 0 Å². The third-order valence-electron chi connectivity index (χ3n) is 1.46. The monoisotopic (exact) mass is 239 g/mol. The molecule has 3 nitrogen and oxygen atoms in total. The van der Waals surface area contributed by atoms with Gasteiger partial charge in [-0.2, -0.15) is 0 Å². The molecule has 6 heteroatoms. The summed E-state index contributed by atoms with van der Waals surface area (Å²) in [4.78, 5) is -0.0904. The molecular weight excluding hydrogens is 233 g/mol. The molecule has 1 aromatic carbocycles. The van der Waals surface area contributed by atoms with Crippen LogP contribution in [0.4, 0.5) is 0 Å². The van der Waals surface area contributed by atoms with Gasteiger partial charge in [-0.25, -0.2) is 13.6 Å². The first-order chi connectivity index (χ1) is 5.95. The van der Waals surface area contributed by atoms with E-state index in [1.807, 2.05) is 0 Å². The Morgan fingerprint density at radius 1 is 1.38 bits per heavy atom. The molecule has 0 saturated carbocycles. The Kier molecular flexibility index (Phi) is 3.18. The zero-order valence-electron chi connectivity index (χ0n) is 6.50. The van der Waals surface area contributed by atoms with Crippen molar-refractivity contribution in [2.24, 2.45) is 5.14 Å². The molecule has 0 atom stereocenters. The van der Waals surface area contributed by atoms with Crippen molar-refractivity contribution >= 4 is 33.2 Å². The van der Waals surface area contributed by atoms with Gasteiger partial charge in [-0.15, -0.1) is 11.6 Å². The largest absolute Gasteiger partial charge is 0.239 e. The summed E-state index contributed by atoms with van der Waals surface area (Å²) in [5, 5.41) is 5.03. The molecule has 0 saturated heterocycles. The van der Waals surface area contributed by atoms with Gasteiger partial charge in [0, 0.05) is 5.88 Å². The summed E-state index contributed by atoms with van der Waals surface area (Å²) in [5.74, 6) is 0.222. The first-order valence-electron chi connectivity index (χ1n) is 3.32. The maximum atomic E-state index is 11.0. The number of hydrogen-bond donors (Lipinski definition) is 1. The molecule has 0 aromatic heterocycles. The van der Waals surface area contributed by atoms with Crippen LogP contribution in [0, 0.1) is 0 Å². The molecule has 13 heavy (non-hydrogen) atoms. The van der Waals surface area contributed by atoms with Crippen LogP contribution in [0.3, 0.4) is 0 Å². The van der Waals surface area contributed by atoms with Crippen molar-refractivity contribution in [3.63, 3.8) is 0 Å². The van der Waals surface area contributed by atoms with E-state index in [2.05, 4.69) is 0 Å². The Balaban J connectivity index is 3.36. The maximum Gasteiger partial charge on any atom is 0.239 e. The lowest BCUT2D eigenvalue weighted by atomic mass is 10.2. The Labute approximate surface area is 86.5 Å². The van der Waals surface area contributed by atoms with Gasteiger partial charge in [0.2, 0.25) is 10.0 Å². The van der Waals surface area contributed by atoms with Gasteiger partial charge in [0.1, 0.15) is 4.90 Å². The zero-order chi connectivity index (χ0) is 10.1. The molecule has 1 rings (SSSR count). The van der Waals surface area contributed by atoms with E-state index in [-0.39, 0.29) is 15.8 Å². The normalized spacial score (nSPS) is 11.6. The Hall–Kier alpha value is -0.290. The van der Waals surface area contributed by atoms with E-state index in [1.54, 1.807) is 6.07 Å². The van der Waals surface area contributed by atoms with E-state index in [4.69, 9.17) is 28.3 Å². The second-order valence-electron chi connectivity index (χ2n) is 2.44. The highest BCUT2D eigenvalue weighted by Gasteiger charge is 2.12. The summed E-state index contributed by atoms with van der Waals surface area (Å²) >= 11 is 11.2. The van der Waals surface area contributed by atoms with Gasteiger partial charge >= 0.3 is 0 Å². The molecule has 0 spiro atoms. The van der Waals surface area contributed by atoms with Crippen LogP contribution >= 0.6 is 23.2 Å². The average Bonchev–Trinajstić information content (AvgIpc) is 2.03. The Morgan fingerprint density at radius 2 is 2.00 bits per heavy atom. The smallest absolute Gasteiger partial charge is 0.225 e. The average molecular weight is 240 g/mol. The van der Waals surface area contributed by atoms with E-state index in [1.165, 1.54) is 12.1 Å². The predicted molar refractivity (Wildman–Crippen MR) is 52.4 cm³/mol. The van der Waals surface area contributed by atoms with Crippen molar-refractivity contribution < 1.29 is 8.42 Å². The van der Waals surface area contributed by atoms with E-state index in [9.17, 15) is 8.42 Å². The number of hydrogen-bond acceptors (Lipinski definition) is 2. The Bertz CT molecular complexity index is 417. The SMILES string of the molecule is NS(=O)(=O)c1cc(CCl)ccc1Cl. The molecule has 0 aliphatic carbocycles. The quantitative estimate of drug-likeness (QED) is 0.800. The van der Waals surface area contributed by atoms with Crippen molar-refractivity contribution in [1.29, 1.82) is 0 Å². The van der Waals surface area contributed by atoms with Crippen molar-refractivity contribution in [2.45, 2.75) is 10.8 Å². The fourth-order valence-electron chi connectivity index (χ4n) is 0.849. The van der Waals surface area contributed by atoms with Crippen LogP contribution in [0.15, 0.2) is 23.1 Å². The maximum absolute atomic E-state index is 11.0. The molecule has 0 aliphatic rings. The van der Waals surface area contributed by atoms with Crippen LogP contribution in [0.1, 0.15) is 5.56 Å². The highest BCUT2D eigenvalue weighted by molar-refractivity contribution is 7.89. The molecule has 2 N–H and O–H groups in total. The van der Waals surface area contributed by atoms with Gasteiger partial charge in [0.05, 0.1) is 5.02 Å². The minimum atomic E-state index is -3.76. The standard InChI is InChI=1S/C7H7Cl2NO2S/c8-4-5-1-2-6(9)7(3-5)13(10,11)12/h1-3H,4H2,(H2,10,11,12). The summed E-state index contributed by atoms with van der Waals surface area (Å²) < 4.78 is 21.9. The van der Waals surface area contributed by atoms with Crippen molar-refractivity contribution in [1.82, 2.24) is 0 Å². The molecular formula is C7H7Cl2NO2S. The molecule has 72 valence electrons. The number of benzene rings is 1. The highest BCUT2D eigenvalue weighted by atomic mass is 35.5. The summed E-state index contributed by atoms with van der Waals surface area (Å²) in [6.45, 7) is 0. The highest BCUT2D eigenvalue weighted by Crippen LogP contribution is 2.21. The number of halogens is 2. The fraction of sp³-hybridized carbons (Fsp3) is 0.143. The first kappa shape index (κ1) is 10.8. The second kappa shape index (κ2) is 3.84. The molecule has 0 amide bonds. The summed E-state index contributed by atoms with van der Waals surface area (Å²) in [6, 6.07) is 4.47. The first-order valence-corrected chi connectivity index (χ1v) is 5.78. The van der Waals surface area contributed by atoms with Crippen LogP contribution < -0.4 is 5.14 Å². The van der Waals surface area contributed by atoms with Crippen molar-refractivity contribution in [3.05, 3.63) is 28.8 Å². The van der Waals surface area contributed by atoms with Crippen LogP contribution in [0.2, 0.25) is 5.02 Å². The van der Waals surface area contributed by atoms with Crippen LogP contribution in [0.5, 0.6) is 0 Å². The summed E-state index contributed by atoms with van der Waals surface area (Å²) in [5.41, 5.74) is 0.662. The molecule has 1 aromatic rings. The molecule has 0 heterocycles. The van der Waals surface area contributed by atoms with E-state index < -0.39 is 10.0 Å². The second-order valence-corrected chi connectivity index (χ2v) is 4.65. The van der Waals surface area contributed by atoms with Crippen LogP contribution in [-0.2, 0) is 15.9 Å². The molecule has 0 fully saturated rings. The van der Waals surface area contributed by atoms with Crippen LogP contribution in [0.25, 0.3) is 0 Å². The molecule has 0 radical (unpaired) electrons. The zero-order valence-corrected chi connectivity index (χ0v) is 8.83. The number of alkyl halides is 1. The Morgan fingerprint density at radius 3 is 2.46 bits per heavy atom. The topological polar surface area (TPSA) is 60.2 Å². The van der Waals surface area contributed by atoms with Gasteiger partial charge in [0.25, 0.3) is 0 Å². The molecule has 0 aliphatic heterocycles. The number of rotatable bonds is 2. The van der Waals surface area contributed by atoms with E-state index >= 15 is 0 Å². The van der Waals surface area contributed by atoms with Crippen molar-refractivity contribution in [3.8, 4) is 0 Å². The van der Waals surface area contributed by atoms with E-state index in [0.717, 1.165) is 0 Å². The number of nitrogens with two attached hydrogens (primary N) is 1. The fourth-order valence-corrected chi connectivity index (χ4v) is 2.11. The van der Waals surface area contributed by atoms with Crippen molar-refractivity contribution in [2.75, 3.05) is 0 Å². The molecule has 0 bridgehead atoms. The third-order valence-corrected chi connectivity index (χ3v) is 3.16. The number of primary sulfonamides is 1. The van der Waals surface area contributed by atoms with Gasteiger partial charge in [-0.05, 0) is 17.7 Å². The number of sulfonamides is 1. The van der Waals surface area contributed by atoms with E-state index in [0.29, 0.717) is 5.56 Å². The minimum absolute atomic E-state index is 0.0904. The third kappa shape index (κ3) is 2.57. The minimum Gasteiger partial charge on any atom is -0.225 e. The van der Waals surface area contributed by atoms with Crippen LogP contribution in [-0.4, -0.2) is 8.42 Å². The van der Waals surface area contributed by atoms with Gasteiger partial charge in [-0.3, -0.25) is 0 Å². The summed E-state index contributed by atoms with van der Waals surface area (Å²) in [7, 11) is -3.76. The lowest BCUT2D eigenvalue weighted by molar-refractivity contribution is 0.598. The summed E-state index contributed by atoms with van der Waals surface area (Å²) in [6.07, 6.45) is 0. The predicted octanol–water partition coefficient (Wildman–Crippen LogP) is 1.73. The lowest BCUT2D eigenvalue weighted by Crippen LogP contribution is -2.12.